The molecule has 0 spiro atoms. The SMILES string of the molecule is COc1nc2c(c(N3CCN(C(=O)/C=C/CF)CC3)n1)CCN(c1cccc3cccc(Cl)c13)C2. The highest BCUT2D eigenvalue weighted by Gasteiger charge is 2.29. The minimum atomic E-state index is -0.638. The number of benzene rings is 2. The Hall–Kier alpha value is -3.39. The molecule has 0 aliphatic carbocycles. The molecule has 2 aromatic carbocycles. The molecule has 35 heavy (non-hydrogen) atoms. The van der Waals surface area contributed by atoms with Crippen molar-refractivity contribution in [2.24, 2.45) is 0 Å². The van der Waals surface area contributed by atoms with Gasteiger partial charge >= 0.3 is 6.01 Å². The number of ether oxygens (including phenoxy) is 1. The number of hydrogen-bond acceptors (Lipinski definition) is 6. The van der Waals surface area contributed by atoms with Gasteiger partial charge in [0, 0.05) is 55.4 Å². The number of carbonyl (C=O) groups excluding carboxylic acids is 1. The number of rotatable bonds is 5. The first-order valence-corrected chi connectivity index (χ1v) is 12.1. The molecule has 9 heteroatoms. The molecule has 0 radical (unpaired) electrons. The van der Waals surface area contributed by atoms with Gasteiger partial charge in [-0.25, -0.2) is 4.39 Å². The summed E-state index contributed by atoms with van der Waals surface area (Å²) in [5.74, 6) is 0.711. The van der Waals surface area contributed by atoms with E-state index in [-0.39, 0.29) is 5.91 Å². The molecular formula is C26H27ClFN5O2. The zero-order chi connectivity index (χ0) is 24.4. The lowest BCUT2D eigenvalue weighted by molar-refractivity contribution is -0.126. The van der Waals surface area contributed by atoms with Crippen LogP contribution in [0.4, 0.5) is 15.9 Å². The second-order valence-corrected chi connectivity index (χ2v) is 9.02. The standard InChI is InChI=1S/C26H27ClFN5O2/c1-35-26-29-21-17-33(22-8-3-6-18-5-2-7-20(27)24(18)22)12-10-19(21)25(30-26)32-15-13-31(14-16-32)23(34)9-4-11-28/h2-9H,10-17H2,1H3/b9-4+. The number of aromatic nitrogens is 2. The van der Waals surface area contributed by atoms with Crippen molar-refractivity contribution in [3.05, 3.63) is 64.8 Å². The zero-order valence-electron chi connectivity index (χ0n) is 19.6. The monoisotopic (exact) mass is 495 g/mol. The third kappa shape index (κ3) is 4.62. The van der Waals surface area contributed by atoms with Crippen LogP contribution in [0, 0.1) is 0 Å². The van der Waals surface area contributed by atoms with E-state index < -0.39 is 6.67 Å². The molecule has 1 amide bonds. The van der Waals surface area contributed by atoms with Crippen LogP contribution in [0.1, 0.15) is 11.3 Å². The third-order valence-corrected chi connectivity index (χ3v) is 6.93. The molecule has 5 rings (SSSR count). The molecule has 1 fully saturated rings. The van der Waals surface area contributed by atoms with Gasteiger partial charge in [0.25, 0.3) is 0 Å². The zero-order valence-corrected chi connectivity index (χ0v) is 20.3. The summed E-state index contributed by atoms with van der Waals surface area (Å²) in [5, 5.41) is 2.89. The van der Waals surface area contributed by atoms with Crippen molar-refractivity contribution < 1.29 is 13.9 Å². The number of alkyl halides is 1. The molecule has 0 bridgehead atoms. The molecule has 0 saturated carbocycles. The minimum Gasteiger partial charge on any atom is -0.467 e. The summed E-state index contributed by atoms with van der Waals surface area (Å²) in [7, 11) is 1.57. The highest BCUT2D eigenvalue weighted by Crippen LogP contribution is 2.37. The molecule has 182 valence electrons. The van der Waals surface area contributed by atoms with Crippen LogP contribution < -0.4 is 14.5 Å². The van der Waals surface area contributed by atoms with Gasteiger partial charge in [-0.1, -0.05) is 35.9 Å². The first-order valence-electron chi connectivity index (χ1n) is 11.7. The van der Waals surface area contributed by atoms with Crippen molar-refractivity contribution in [1.82, 2.24) is 14.9 Å². The summed E-state index contributed by atoms with van der Waals surface area (Å²) in [5.41, 5.74) is 3.14. The normalized spacial score (nSPS) is 16.1. The summed E-state index contributed by atoms with van der Waals surface area (Å²) >= 11 is 6.59. The van der Waals surface area contributed by atoms with Crippen molar-refractivity contribution in [3.8, 4) is 6.01 Å². The van der Waals surface area contributed by atoms with E-state index in [1.807, 2.05) is 12.1 Å². The van der Waals surface area contributed by atoms with Gasteiger partial charge in [0.2, 0.25) is 5.91 Å². The minimum absolute atomic E-state index is 0.158. The fourth-order valence-corrected chi connectivity index (χ4v) is 5.15. The smallest absolute Gasteiger partial charge is 0.318 e. The van der Waals surface area contributed by atoms with E-state index in [1.54, 1.807) is 12.0 Å². The largest absolute Gasteiger partial charge is 0.467 e. The van der Waals surface area contributed by atoms with Crippen molar-refractivity contribution in [3.63, 3.8) is 0 Å². The first-order chi connectivity index (χ1) is 17.1. The average Bonchev–Trinajstić information content (AvgIpc) is 2.90. The number of anilines is 2. The van der Waals surface area contributed by atoms with E-state index in [4.69, 9.17) is 26.3 Å². The maximum absolute atomic E-state index is 12.4. The van der Waals surface area contributed by atoms with E-state index in [0.29, 0.717) is 38.7 Å². The average molecular weight is 496 g/mol. The van der Waals surface area contributed by atoms with E-state index in [9.17, 15) is 9.18 Å². The fraction of sp³-hybridized carbons (Fsp3) is 0.346. The molecule has 3 heterocycles. The van der Waals surface area contributed by atoms with Crippen LogP contribution in [-0.2, 0) is 17.8 Å². The maximum Gasteiger partial charge on any atom is 0.318 e. The molecule has 3 aromatic rings. The van der Waals surface area contributed by atoms with Crippen LogP contribution in [0.3, 0.4) is 0 Å². The molecular weight excluding hydrogens is 469 g/mol. The van der Waals surface area contributed by atoms with Gasteiger partial charge in [0.15, 0.2) is 0 Å². The van der Waals surface area contributed by atoms with Gasteiger partial charge in [-0.15, -0.1) is 0 Å². The number of allylic oxidation sites excluding steroid dienone is 1. The third-order valence-electron chi connectivity index (χ3n) is 6.62. The van der Waals surface area contributed by atoms with E-state index in [1.165, 1.54) is 12.2 Å². The lowest BCUT2D eigenvalue weighted by Gasteiger charge is -2.38. The highest BCUT2D eigenvalue weighted by atomic mass is 35.5. The van der Waals surface area contributed by atoms with Crippen molar-refractivity contribution in [1.29, 1.82) is 0 Å². The number of nitrogens with zero attached hydrogens (tertiary/aromatic N) is 5. The summed E-state index contributed by atoms with van der Waals surface area (Å²) in [6.07, 6.45) is 3.34. The Bertz CT molecular complexity index is 1270. The molecule has 0 unspecified atom stereocenters. The highest BCUT2D eigenvalue weighted by molar-refractivity contribution is 6.36. The Labute approximate surface area is 208 Å². The summed E-state index contributed by atoms with van der Waals surface area (Å²) in [4.78, 5) is 27.8. The Kier molecular flexibility index (Phi) is 6.72. The number of halogens is 2. The molecule has 2 aliphatic heterocycles. The van der Waals surface area contributed by atoms with Gasteiger partial charge in [-0.05, 0) is 30.0 Å². The molecule has 0 atom stereocenters. The number of methoxy groups -OCH3 is 1. The predicted molar refractivity (Wildman–Crippen MR) is 136 cm³/mol. The summed E-state index contributed by atoms with van der Waals surface area (Å²) < 4.78 is 17.8. The summed E-state index contributed by atoms with van der Waals surface area (Å²) in [6, 6.07) is 12.5. The lowest BCUT2D eigenvalue weighted by Crippen LogP contribution is -2.49. The maximum atomic E-state index is 12.4. The van der Waals surface area contributed by atoms with Gasteiger partial charge in [-0.3, -0.25) is 4.79 Å². The molecule has 0 N–H and O–H groups in total. The fourth-order valence-electron chi connectivity index (χ4n) is 4.88. The Morgan fingerprint density at radius 2 is 1.86 bits per heavy atom. The van der Waals surface area contributed by atoms with E-state index in [0.717, 1.165) is 51.5 Å². The van der Waals surface area contributed by atoms with Crippen LogP contribution >= 0.6 is 11.6 Å². The van der Waals surface area contributed by atoms with Crippen molar-refractivity contribution in [2.45, 2.75) is 13.0 Å². The van der Waals surface area contributed by atoms with Crippen LogP contribution in [0.15, 0.2) is 48.6 Å². The van der Waals surface area contributed by atoms with Crippen molar-refractivity contribution in [2.75, 3.05) is 56.3 Å². The lowest BCUT2D eigenvalue weighted by atomic mass is 10.0. The van der Waals surface area contributed by atoms with E-state index in [2.05, 4.69) is 34.1 Å². The topological polar surface area (TPSA) is 61.8 Å². The number of piperazine rings is 1. The number of fused-ring (bicyclic) bond motifs is 2. The van der Waals surface area contributed by atoms with Crippen LogP contribution in [0.5, 0.6) is 6.01 Å². The molecule has 1 saturated heterocycles. The second-order valence-electron chi connectivity index (χ2n) is 8.61. The Morgan fingerprint density at radius 3 is 2.60 bits per heavy atom. The number of hydrogen-bond donors (Lipinski definition) is 0. The van der Waals surface area contributed by atoms with Gasteiger partial charge in [-0.2, -0.15) is 9.97 Å². The van der Waals surface area contributed by atoms with Gasteiger partial charge in [0.05, 0.1) is 24.4 Å². The van der Waals surface area contributed by atoms with Gasteiger partial charge < -0.3 is 19.4 Å². The number of carbonyl (C=O) groups is 1. The number of amides is 1. The summed E-state index contributed by atoms with van der Waals surface area (Å²) in [6.45, 7) is 3.19. The van der Waals surface area contributed by atoms with Crippen LogP contribution in [0.2, 0.25) is 5.02 Å². The Morgan fingerprint density at radius 1 is 1.09 bits per heavy atom. The first kappa shape index (κ1) is 23.4. The van der Waals surface area contributed by atoms with E-state index >= 15 is 0 Å². The molecule has 2 aliphatic rings. The quantitative estimate of drug-likeness (QED) is 0.498. The van der Waals surface area contributed by atoms with Crippen LogP contribution in [-0.4, -0.2) is 67.3 Å². The Balaban J connectivity index is 1.41. The molecule has 7 nitrogen and oxygen atoms in total. The molecule has 1 aromatic heterocycles. The second kappa shape index (κ2) is 10.1. The van der Waals surface area contributed by atoms with Crippen LogP contribution in [0.25, 0.3) is 10.8 Å². The van der Waals surface area contributed by atoms with Gasteiger partial charge in [0.1, 0.15) is 12.5 Å². The predicted octanol–water partition coefficient (Wildman–Crippen LogP) is 4.03. The van der Waals surface area contributed by atoms with Crippen molar-refractivity contribution >= 4 is 39.8 Å².